The first-order chi connectivity index (χ1) is 10.3. The van der Waals surface area contributed by atoms with Crippen LogP contribution in [0.5, 0.6) is 0 Å². The molecule has 21 heavy (non-hydrogen) atoms. The summed E-state index contributed by atoms with van der Waals surface area (Å²) in [5.41, 5.74) is 6.14. The van der Waals surface area contributed by atoms with Crippen LogP contribution < -0.4 is 4.90 Å². The van der Waals surface area contributed by atoms with Crippen LogP contribution in [0.15, 0.2) is 78.9 Å². The smallest absolute Gasteiger partial charge is 0.0490 e. The van der Waals surface area contributed by atoms with E-state index in [2.05, 4.69) is 97.6 Å². The predicted molar refractivity (Wildman–Crippen MR) is 90.6 cm³/mol. The molecule has 0 bridgehead atoms. The maximum atomic E-state index is 2.30. The number of aryl methyl sites for hydroxylation is 2. The van der Waals surface area contributed by atoms with Gasteiger partial charge in [-0.15, -0.1) is 0 Å². The van der Waals surface area contributed by atoms with E-state index in [1.807, 2.05) is 0 Å². The van der Waals surface area contributed by atoms with Crippen molar-refractivity contribution in [3.05, 3.63) is 90.0 Å². The van der Waals surface area contributed by atoms with Crippen molar-refractivity contribution in [1.82, 2.24) is 0 Å². The highest BCUT2D eigenvalue weighted by Gasteiger charge is 2.13. The van der Waals surface area contributed by atoms with Crippen LogP contribution in [0, 0.1) is 13.8 Å². The van der Waals surface area contributed by atoms with Crippen molar-refractivity contribution in [3.8, 4) is 0 Å². The number of rotatable bonds is 3. The first-order valence-electron chi connectivity index (χ1n) is 7.23. The molecular formula is C20H19N. The van der Waals surface area contributed by atoms with Gasteiger partial charge in [0.15, 0.2) is 0 Å². The summed E-state index contributed by atoms with van der Waals surface area (Å²) >= 11 is 0. The highest BCUT2D eigenvalue weighted by Crippen LogP contribution is 2.36. The molecule has 104 valence electrons. The lowest BCUT2D eigenvalue weighted by atomic mass is 10.1. The van der Waals surface area contributed by atoms with Gasteiger partial charge in [-0.25, -0.2) is 0 Å². The van der Waals surface area contributed by atoms with Crippen LogP contribution in [-0.4, -0.2) is 0 Å². The largest absolute Gasteiger partial charge is 0.310 e. The number of hydrogen-bond acceptors (Lipinski definition) is 1. The summed E-state index contributed by atoms with van der Waals surface area (Å²) in [6.07, 6.45) is 0. The van der Waals surface area contributed by atoms with Gasteiger partial charge in [0, 0.05) is 17.1 Å². The molecule has 0 saturated heterocycles. The van der Waals surface area contributed by atoms with Gasteiger partial charge in [0.05, 0.1) is 0 Å². The standard InChI is InChI=1S/C20H19N/c1-16-13-14-20(17(2)15-16)21(18-9-5-3-6-10-18)19-11-7-4-8-12-19/h3-15H,1-2H3. The molecule has 0 spiro atoms. The van der Waals surface area contributed by atoms with E-state index < -0.39 is 0 Å². The Kier molecular flexibility index (Phi) is 3.74. The maximum Gasteiger partial charge on any atom is 0.0490 e. The minimum atomic E-state index is 1.18. The van der Waals surface area contributed by atoms with E-state index in [0.29, 0.717) is 0 Å². The average molecular weight is 273 g/mol. The summed E-state index contributed by atoms with van der Waals surface area (Å²) in [7, 11) is 0. The highest BCUT2D eigenvalue weighted by molar-refractivity contribution is 5.78. The second-order valence-electron chi connectivity index (χ2n) is 5.30. The van der Waals surface area contributed by atoms with E-state index >= 15 is 0 Å². The van der Waals surface area contributed by atoms with Gasteiger partial charge in [0.1, 0.15) is 0 Å². The number of anilines is 3. The molecule has 0 N–H and O–H groups in total. The molecule has 3 rings (SSSR count). The summed E-state index contributed by atoms with van der Waals surface area (Å²) in [6.45, 7) is 4.30. The monoisotopic (exact) mass is 273 g/mol. The molecule has 0 saturated carbocycles. The summed E-state index contributed by atoms with van der Waals surface area (Å²) < 4.78 is 0. The fourth-order valence-corrected chi connectivity index (χ4v) is 2.64. The Bertz CT molecular complexity index is 678. The maximum absolute atomic E-state index is 2.30. The average Bonchev–Trinajstić information content (AvgIpc) is 2.52. The number of para-hydroxylation sites is 2. The van der Waals surface area contributed by atoms with Crippen LogP contribution in [0.2, 0.25) is 0 Å². The molecule has 0 aromatic heterocycles. The molecule has 3 aromatic carbocycles. The van der Waals surface area contributed by atoms with Gasteiger partial charge in [0.25, 0.3) is 0 Å². The molecule has 0 atom stereocenters. The van der Waals surface area contributed by atoms with Crippen LogP contribution in [0.1, 0.15) is 11.1 Å². The number of nitrogens with zero attached hydrogens (tertiary/aromatic N) is 1. The minimum absolute atomic E-state index is 1.18. The molecule has 0 aliphatic rings. The zero-order valence-corrected chi connectivity index (χ0v) is 12.5. The lowest BCUT2D eigenvalue weighted by Crippen LogP contribution is -2.11. The van der Waals surface area contributed by atoms with Crippen molar-refractivity contribution < 1.29 is 0 Å². The predicted octanol–water partition coefficient (Wildman–Crippen LogP) is 5.77. The Hall–Kier alpha value is -2.54. The molecule has 0 unspecified atom stereocenters. The third-order valence-corrected chi connectivity index (χ3v) is 3.62. The highest BCUT2D eigenvalue weighted by atomic mass is 15.1. The SMILES string of the molecule is Cc1ccc(N(c2ccccc2)c2ccccc2)c(C)c1. The van der Waals surface area contributed by atoms with Gasteiger partial charge < -0.3 is 4.90 Å². The lowest BCUT2D eigenvalue weighted by Gasteiger charge is -2.27. The zero-order chi connectivity index (χ0) is 14.7. The van der Waals surface area contributed by atoms with Gasteiger partial charge in [-0.05, 0) is 49.7 Å². The molecule has 0 amide bonds. The molecule has 0 aliphatic carbocycles. The Balaban J connectivity index is 2.17. The van der Waals surface area contributed by atoms with Gasteiger partial charge >= 0.3 is 0 Å². The van der Waals surface area contributed by atoms with Crippen LogP contribution in [0.25, 0.3) is 0 Å². The first-order valence-corrected chi connectivity index (χ1v) is 7.23. The summed E-state index contributed by atoms with van der Waals surface area (Å²) in [6, 6.07) is 27.6. The summed E-state index contributed by atoms with van der Waals surface area (Å²) in [5.74, 6) is 0. The Morgan fingerprint density at radius 1 is 0.619 bits per heavy atom. The molecule has 0 heterocycles. The third-order valence-electron chi connectivity index (χ3n) is 3.62. The van der Waals surface area contributed by atoms with Gasteiger partial charge in [-0.3, -0.25) is 0 Å². The quantitative estimate of drug-likeness (QED) is 0.585. The molecule has 1 heteroatoms. The van der Waals surface area contributed by atoms with Crippen molar-refractivity contribution in [1.29, 1.82) is 0 Å². The van der Waals surface area contributed by atoms with Gasteiger partial charge in [-0.2, -0.15) is 0 Å². The van der Waals surface area contributed by atoms with Crippen molar-refractivity contribution in [2.75, 3.05) is 4.90 Å². The number of benzene rings is 3. The van der Waals surface area contributed by atoms with E-state index in [-0.39, 0.29) is 0 Å². The molecule has 0 fully saturated rings. The minimum Gasteiger partial charge on any atom is -0.310 e. The van der Waals surface area contributed by atoms with Crippen molar-refractivity contribution >= 4 is 17.1 Å². The third kappa shape index (κ3) is 2.82. The fourth-order valence-electron chi connectivity index (χ4n) is 2.64. The molecule has 0 radical (unpaired) electrons. The molecular weight excluding hydrogens is 254 g/mol. The van der Waals surface area contributed by atoms with E-state index in [0.717, 1.165) is 0 Å². The fraction of sp³-hybridized carbons (Fsp3) is 0.100. The molecule has 3 aromatic rings. The van der Waals surface area contributed by atoms with E-state index in [1.54, 1.807) is 0 Å². The molecule has 1 nitrogen and oxygen atoms in total. The Labute approximate surface area is 126 Å². The number of hydrogen-bond donors (Lipinski definition) is 0. The van der Waals surface area contributed by atoms with Crippen molar-refractivity contribution in [2.24, 2.45) is 0 Å². The molecule has 0 aliphatic heterocycles. The van der Waals surface area contributed by atoms with Gasteiger partial charge in [0.2, 0.25) is 0 Å². The zero-order valence-electron chi connectivity index (χ0n) is 12.5. The second-order valence-corrected chi connectivity index (χ2v) is 5.30. The topological polar surface area (TPSA) is 3.24 Å². The van der Waals surface area contributed by atoms with E-state index in [1.165, 1.54) is 28.2 Å². The summed E-state index contributed by atoms with van der Waals surface area (Å²) in [4.78, 5) is 2.30. The summed E-state index contributed by atoms with van der Waals surface area (Å²) in [5, 5.41) is 0. The van der Waals surface area contributed by atoms with Crippen LogP contribution >= 0.6 is 0 Å². The van der Waals surface area contributed by atoms with Crippen molar-refractivity contribution in [3.63, 3.8) is 0 Å². The van der Waals surface area contributed by atoms with E-state index in [4.69, 9.17) is 0 Å². The second kappa shape index (κ2) is 5.84. The lowest BCUT2D eigenvalue weighted by molar-refractivity contribution is 1.24. The van der Waals surface area contributed by atoms with Crippen molar-refractivity contribution in [2.45, 2.75) is 13.8 Å². The van der Waals surface area contributed by atoms with Gasteiger partial charge in [-0.1, -0.05) is 54.1 Å². The van der Waals surface area contributed by atoms with Crippen LogP contribution in [0.4, 0.5) is 17.1 Å². The first kappa shape index (κ1) is 13.4. The Morgan fingerprint density at radius 3 is 1.62 bits per heavy atom. The normalized spacial score (nSPS) is 10.4. The van der Waals surface area contributed by atoms with Crippen LogP contribution in [-0.2, 0) is 0 Å². The Morgan fingerprint density at radius 2 is 1.14 bits per heavy atom. The van der Waals surface area contributed by atoms with Crippen LogP contribution in [0.3, 0.4) is 0 Å². The van der Waals surface area contributed by atoms with E-state index in [9.17, 15) is 0 Å².